The molecule has 0 aliphatic heterocycles. The van der Waals surface area contributed by atoms with Gasteiger partial charge >= 0.3 is 0 Å². The zero-order valence-electron chi connectivity index (χ0n) is 10.3. The Bertz CT molecular complexity index is 369. The summed E-state index contributed by atoms with van der Waals surface area (Å²) in [7, 11) is 0. The maximum Gasteiger partial charge on any atom is 0.0739 e. The molecule has 3 nitrogen and oxygen atoms in total. The Hall–Kier alpha value is -0.350. The average molecular weight is 286 g/mol. The lowest BCUT2D eigenvalue weighted by Crippen LogP contribution is -2.26. The van der Waals surface area contributed by atoms with Gasteiger partial charge in [0.1, 0.15) is 0 Å². The number of rotatable bonds is 5. The second-order valence-corrected chi connectivity index (χ2v) is 5.25. The predicted molar refractivity (Wildman–Crippen MR) is 69.4 cm³/mol. The zero-order chi connectivity index (χ0) is 11.7. The number of nitrogens with zero attached hydrogens (tertiary/aromatic N) is 3. The van der Waals surface area contributed by atoms with E-state index in [0.717, 1.165) is 31.4 Å². The van der Waals surface area contributed by atoms with Crippen molar-refractivity contribution in [2.45, 2.75) is 52.7 Å². The third-order valence-electron chi connectivity index (χ3n) is 3.28. The largest absolute Gasteiger partial charge is 0.295 e. The summed E-state index contributed by atoms with van der Waals surface area (Å²) in [5.41, 5.74) is 2.43. The predicted octanol–water partition coefficient (Wildman–Crippen LogP) is 2.96. The molecular weight excluding hydrogens is 266 g/mol. The molecule has 0 radical (unpaired) electrons. The third kappa shape index (κ3) is 2.33. The molecule has 1 aliphatic rings. The van der Waals surface area contributed by atoms with E-state index in [1.54, 1.807) is 0 Å². The first-order valence-electron chi connectivity index (χ1n) is 6.13. The van der Waals surface area contributed by atoms with Crippen LogP contribution in [0.3, 0.4) is 0 Å². The van der Waals surface area contributed by atoms with E-state index < -0.39 is 0 Å². The summed E-state index contributed by atoms with van der Waals surface area (Å²) in [6.07, 6.45) is 2.73. The van der Waals surface area contributed by atoms with Gasteiger partial charge in [-0.1, -0.05) is 6.92 Å². The number of halogens is 1. The monoisotopic (exact) mass is 285 g/mol. The number of hydrogen-bond acceptors (Lipinski definition) is 2. The highest BCUT2D eigenvalue weighted by atomic mass is 79.9. The van der Waals surface area contributed by atoms with E-state index in [0.29, 0.717) is 0 Å². The van der Waals surface area contributed by atoms with Gasteiger partial charge in [-0.2, -0.15) is 5.10 Å². The van der Waals surface area contributed by atoms with Crippen molar-refractivity contribution in [2.24, 2.45) is 0 Å². The van der Waals surface area contributed by atoms with E-state index in [9.17, 15) is 0 Å². The Kier molecular flexibility index (Phi) is 3.70. The maximum atomic E-state index is 4.54. The van der Waals surface area contributed by atoms with Crippen molar-refractivity contribution in [2.75, 3.05) is 6.54 Å². The van der Waals surface area contributed by atoms with Crippen LogP contribution in [0.15, 0.2) is 4.47 Å². The Morgan fingerprint density at radius 1 is 1.44 bits per heavy atom. The van der Waals surface area contributed by atoms with Crippen LogP contribution in [0.25, 0.3) is 0 Å². The van der Waals surface area contributed by atoms with Crippen LogP contribution in [0.1, 0.15) is 38.1 Å². The van der Waals surface area contributed by atoms with Crippen molar-refractivity contribution in [3.63, 3.8) is 0 Å². The Morgan fingerprint density at radius 2 is 2.12 bits per heavy atom. The van der Waals surface area contributed by atoms with E-state index in [-0.39, 0.29) is 0 Å². The molecule has 0 spiro atoms. The molecule has 0 unspecified atom stereocenters. The third-order valence-corrected chi connectivity index (χ3v) is 4.31. The molecule has 90 valence electrons. The van der Waals surface area contributed by atoms with Crippen LogP contribution in [0.5, 0.6) is 0 Å². The summed E-state index contributed by atoms with van der Waals surface area (Å²) < 4.78 is 3.30. The fourth-order valence-electron chi connectivity index (χ4n) is 2.15. The highest BCUT2D eigenvalue weighted by Crippen LogP contribution is 2.30. The smallest absolute Gasteiger partial charge is 0.0739 e. The molecule has 2 rings (SSSR count). The lowest BCUT2D eigenvalue weighted by atomic mass is 10.3. The lowest BCUT2D eigenvalue weighted by molar-refractivity contribution is 0.260. The maximum absolute atomic E-state index is 4.54. The average Bonchev–Trinajstić information content (AvgIpc) is 3.07. The molecule has 0 saturated heterocycles. The number of aromatic nitrogens is 2. The Labute approximate surface area is 106 Å². The van der Waals surface area contributed by atoms with Gasteiger partial charge < -0.3 is 0 Å². The summed E-state index contributed by atoms with van der Waals surface area (Å²) in [4.78, 5) is 2.55. The van der Waals surface area contributed by atoms with Crippen LogP contribution in [0.4, 0.5) is 0 Å². The molecule has 1 aromatic rings. The minimum absolute atomic E-state index is 0.817. The van der Waals surface area contributed by atoms with Crippen molar-refractivity contribution in [1.29, 1.82) is 0 Å². The number of aryl methyl sites for hydroxylation is 2. The van der Waals surface area contributed by atoms with Gasteiger partial charge in [0.05, 0.1) is 15.9 Å². The highest BCUT2D eigenvalue weighted by Gasteiger charge is 2.29. The van der Waals surface area contributed by atoms with E-state index in [1.807, 2.05) is 0 Å². The van der Waals surface area contributed by atoms with Crippen LogP contribution in [-0.2, 0) is 13.1 Å². The molecule has 1 aromatic heterocycles. The molecule has 0 aromatic carbocycles. The summed E-state index contributed by atoms with van der Waals surface area (Å²) in [6, 6.07) is 0.817. The molecule has 16 heavy (non-hydrogen) atoms. The second kappa shape index (κ2) is 4.88. The first-order chi connectivity index (χ1) is 7.67. The topological polar surface area (TPSA) is 21.1 Å². The van der Waals surface area contributed by atoms with E-state index in [4.69, 9.17) is 0 Å². The minimum Gasteiger partial charge on any atom is -0.295 e. The van der Waals surface area contributed by atoms with Gasteiger partial charge in [-0.3, -0.25) is 9.58 Å². The van der Waals surface area contributed by atoms with Crippen LogP contribution < -0.4 is 0 Å². The summed E-state index contributed by atoms with van der Waals surface area (Å²) >= 11 is 3.66. The van der Waals surface area contributed by atoms with Gasteiger partial charge in [-0.05, 0) is 49.2 Å². The summed E-state index contributed by atoms with van der Waals surface area (Å²) in [5, 5.41) is 4.54. The van der Waals surface area contributed by atoms with Crippen LogP contribution >= 0.6 is 15.9 Å². The minimum atomic E-state index is 0.817. The van der Waals surface area contributed by atoms with Gasteiger partial charge in [0.2, 0.25) is 0 Å². The van der Waals surface area contributed by atoms with Crippen molar-refractivity contribution in [1.82, 2.24) is 14.7 Å². The van der Waals surface area contributed by atoms with Gasteiger partial charge in [-0.25, -0.2) is 0 Å². The standard InChI is InChI=1S/C12H20BrN3/c1-4-15(10-6-7-10)8-11-12(13)9(3)14-16(11)5-2/h10H,4-8H2,1-3H3. The Morgan fingerprint density at radius 3 is 2.62 bits per heavy atom. The lowest BCUT2D eigenvalue weighted by Gasteiger charge is -2.20. The fourth-order valence-corrected chi connectivity index (χ4v) is 2.56. The first-order valence-corrected chi connectivity index (χ1v) is 6.92. The fraction of sp³-hybridized carbons (Fsp3) is 0.750. The zero-order valence-corrected chi connectivity index (χ0v) is 11.9. The van der Waals surface area contributed by atoms with Gasteiger partial charge in [0.15, 0.2) is 0 Å². The molecule has 1 fully saturated rings. The highest BCUT2D eigenvalue weighted by molar-refractivity contribution is 9.10. The summed E-state index contributed by atoms with van der Waals surface area (Å²) in [6.45, 7) is 9.56. The molecule has 0 atom stereocenters. The Balaban J connectivity index is 2.18. The van der Waals surface area contributed by atoms with Crippen molar-refractivity contribution in [3.8, 4) is 0 Å². The number of hydrogen-bond donors (Lipinski definition) is 0. The van der Waals surface area contributed by atoms with E-state index >= 15 is 0 Å². The molecule has 1 aliphatic carbocycles. The van der Waals surface area contributed by atoms with Gasteiger partial charge in [0.25, 0.3) is 0 Å². The second-order valence-electron chi connectivity index (χ2n) is 4.46. The normalized spacial score (nSPS) is 16.1. The molecule has 0 N–H and O–H groups in total. The van der Waals surface area contributed by atoms with Gasteiger partial charge in [-0.15, -0.1) is 0 Å². The molecule has 1 heterocycles. The van der Waals surface area contributed by atoms with E-state index in [2.05, 4.69) is 51.4 Å². The molecule has 1 saturated carbocycles. The van der Waals surface area contributed by atoms with Crippen LogP contribution in [-0.4, -0.2) is 27.3 Å². The van der Waals surface area contributed by atoms with Crippen molar-refractivity contribution < 1.29 is 0 Å². The quantitative estimate of drug-likeness (QED) is 0.829. The van der Waals surface area contributed by atoms with Crippen LogP contribution in [0.2, 0.25) is 0 Å². The van der Waals surface area contributed by atoms with Crippen molar-refractivity contribution >= 4 is 15.9 Å². The molecule has 0 amide bonds. The first kappa shape index (κ1) is 12.1. The molecule has 0 bridgehead atoms. The molecular formula is C12H20BrN3. The van der Waals surface area contributed by atoms with E-state index in [1.165, 1.54) is 23.0 Å². The van der Waals surface area contributed by atoms with Gasteiger partial charge in [0, 0.05) is 19.1 Å². The molecule has 4 heteroatoms. The SMILES string of the molecule is CCN(Cc1c(Br)c(C)nn1CC)C1CC1. The summed E-state index contributed by atoms with van der Waals surface area (Å²) in [5.74, 6) is 0. The van der Waals surface area contributed by atoms with Crippen LogP contribution in [0, 0.1) is 6.92 Å². The van der Waals surface area contributed by atoms with Crippen molar-refractivity contribution in [3.05, 3.63) is 15.9 Å².